The van der Waals surface area contributed by atoms with E-state index in [2.05, 4.69) is 19.8 Å². The van der Waals surface area contributed by atoms with Crippen molar-refractivity contribution in [1.82, 2.24) is 14.8 Å². The Bertz CT molecular complexity index is 1080. The molecule has 1 N–H and O–H groups in total. The Hall–Kier alpha value is -4.17. The molecule has 0 saturated carbocycles. The van der Waals surface area contributed by atoms with E-state index in [0.29, 0.717) is 34.9 Å². The third-order valence-electron chi connectivity index (χ3n) is 3.71. The summed E-state index contributed by atoms with van der Waals surface area (Å²) >= 11 is 0. The Labute approximate surface area is 154 Å². The number of hydrogen-bond acceptors (Lipinski definition) is 4. The molecule has 0 aliphatic heterocycles. The van der Waals surface area contributed by atoms with Crippen molar-refractivity contribution in [3.63, 3.8) is 0 Å². The van der Waals surface area contributed by atoms with E-state index in [9.17, 15) is 4.79 Å². The van der Waals surface area contributed by atoms with Gasteiger partial charge in [0.1, 0.15) is 12.4 Å². The zero-order valence-corrected chi connectivity index (χ0v) is 14.0. The summed E-state index contributed by atoms with van der Waals surface area (Å²) in [4.78, 5) is 22.0. The van der Waals surface area contributed by atoms with Crippen LogP contribution in [-0.2, 0) is 6.54 Å². The van der Waals surface area contributed by atoms with E-state index < -0.39 is 5.97 Å². The summed E-state index contributed by atoms with van der Waals surface area (Å²) in [5.74, 6) is -0.621. The Morgan fingerprint density at radius 3 is 2.78 bits per heavy atom. The molecule has 8 heteroatoms. The van der Waals surface area contributed by atoms with Gasteiger partial charge in [-0.3, -0.25) is 9.67 Å². The number of rotatable bonds is 6. The van der Waals surface area contributed by atoms with Gasteiger partial charge in [0.15, 0.2) is 0 Å². The van der Waals surface area contributed by atoms with Gasteiger partial charge in [-0.25, -0.2) is 14.5 Å². The minimum absolute atomic E-state index is 0.127. The van der Waals surface area contributed by atoms with Gasteiger partial charge in [-0.2, -0.15) is 5.10 Å². The number of aromatic nitrogens is 3. The number of carboxylic acid groups (broad SMARTS) is 1. The highest BCUT2D eigenvalue weighted by molar-refractivity contribution is 5.89. The SMILES string of the molecule is [C-]#[N+]c1cnn(CCOc2ccc(-c3cc(C(=O)O)ccn3)cc2[N+]#[C-])c1. The minimum atomic E-state index is -1.04. The van der Waals surface area contributed by atoms with Crippen LogP contribution in [0.3, 0.4) is 0 Å². The molecule has 0 amide bonds. The first-order valence-electron chi connectivity index (χ1n) is 7.84. The first-order valence-corrected chi connectivity index (χ1v) is 7.84. The fourth-order valence-electron chi connectivity index (χ4n) is 2.39. The second-order valence-corrected chi connectivity index (χ2v) is 5.45. The highest BCUT2D eigenvalue weighted by atomic mass is 16.5. The number of hydrogen-bond donors (Lipinski definition) is 1. The number of ether oxygens (including phenoxy) is 1. The largest absolute Gasteiger partial charge is 0.503 e. The summed E-state index contributed by atoms with van der Waals surface area (Å²) in [6, 6.07) is 7.86. The average molecular weight is 359 g/mol. The van der Waals surface area contributed by atoms with E-state index in [1.54, 1.807) is 29.1 Å². The van der Waals surface area contributed by atoms with Crippen LogP contribution in [0.15, 0.2) is 48.9 Å². The molecule has 2 heterocycles. The molecule has 0 aliphatic rings. The highest BCUT2D eigenvalue weighted by Gasteiger charge is 2.10. The molecule has 0 unspecified atom stereocenters. The van der Waals surface area contributed by atoms with Gasteiger partial charge < -0.3 is 9.84 Å². The van der Waals surface area contributed by atoms with E-state index in [4.69, 9.17) is 23.0 Å². The number of nitrogens with zero attached hydrogens (tertiary/aromatic N) is 5. The molecule has 2 aromatic heterocycles. The summed E-state index contributed by atoms with van der Waals surface area (Å²) in [5.41, 5.74) is 1.98. The van der Waals surface area contributed by atoms with Crippen molar-refractivity contribution in [2.75, 3.05) is 6.61 Å². The smallest absolute Gasteiger partial charge is 0.335 e. The van der Waals surface area contributed by atoms with Crippen molar-refractivity contribution in [2.24, 2.45) is 0 Å². The predicted molar refractivity (Wildman–Crippen MR) is 96.9 cm³/mol. The lowest BCUT2D eigenvalue weighted by atomic mass is 10.1. The van der Waals surface area contributed by atoms with Gasteiger partial charge in [-0.1, -0.05) is 6.07 Å². The molecule has 1 aromatic carbocycles. The summed E-state index contributed by atoms with van der Waals surface area (Å²) in [6.07, 6.45) is 4.52. The van der Waals surface area contributed by atoms with Crippen LogP contribution in [0.5, 0.6) is 5.75 Å². The lowest BCUT2D eigenvalue weighted by Gasteiger charge is -2.10. The standard InChI is InChI=1S/C19H13N5O3/c1-20-15-11-23-24(12-15)7-8-27-18-4-3-13(9-17(18)21-2)16-10-14(19(25)26)5-6-22-16/h3-6,9-12H,7-8H2,(H,25,26). The molecule has 132 valence electrons. The molecular formula is C19H13N5O3. The Kier molecular flexibility index (Phi) is 5.10. The van der Waals surface area contributed by atoms with Crippen molar-refractivity contribution < 1.29 is 14.6 Å². The summed E-state index contributed by atoms with van der Waals surface area (Å²) in [6.45, 7) is 15.0. The monoisotopic (exact) mass is 359 g/mol. The van der Waals surface area contributed by atoms with Gasteiger partial charge in [-0.05, 0) is 29.8 Å². The zero-order chi connectivity index (χ0) is 19.2. The molecule has 27 heavy (non-hydrogen) atoms. The van der Waals surface area contributed by atoms with Crippen molar-refractivity contribution in [1.29, 1.82) is 0 Å². The molecule has 0 spiro atoms. The van der Waals surface area contributed by atoms with Crippen molar-refractivity contribution in [2.45, 2.75) is 6.54 Å². The quantitative estimate of drug-likeness (QED) is 0.676. The molecule has 8 nitrogen and oxygen atoms in total. The van der Waals surface area contributed by atoms with Gasteiger partial charge >= 0.3 is 5.97 Å². The topological polar surface area (TPSA) is 86.0 Å². The van der Waals surface area contributed by atoms with Crippen LogP contribution < -0.4 is 4.74 Å². The van der Waals surface area contributed by atoms with E-state index in [-0.39, 0.29) is 12.2 Å². The van der Waals surface area contributed by atoms with Crippen LogP contribution >= 0.6 is 0 Å². The molecule has 0 aliphatic carbocycles. The fourth-order valence-corrected chi connectivity index (χ4v) is 2.39. The van der Waals surface area contributed by atoms with Gasteiger partial charge in [0.05, 0.1) is 37.1 Å². The Morgan fingerprint density at radius 2 is 2.07 bits per heavy atom. The molecule has 0 saturated heterocycles. The molecule has 0 atom stereocenters. The van der Waals surface area contributed by atoms with E-state index in [1.165, 1.54) is 24.5 Å². The first kappa shape index (κ1) is 17.6. The maximum Gasteiger partial charge on any atom is 0.335 e. The van der Waals surface area contributed by atoms with Crippen molar-refractivity contribution >= 4 is 17.3 Å². The van der Waals surface area contributed by atoms with E-state index in [0.717, 1.165) is 0 Å². The predicted octanol–water partition coefficient (Wildman–Crippen LogP) is 3.82. The third kappa shape index (κ3) is 4.09. The minimum Gasteiger partial charge on any atom is -0.503 e. The van der Waals surface area contributed by atoms with Gasteiger partial charge in [-0.15, -0.1) is 0 Å². The molecular weight excluding hydrogens is 346 g/mol. The maximum absolute atomic E-state index is 11.1. The Balaban J connectivity index is 1.74. The maximum atomic E-state index is 11.1. The molecule has 3 aromatic rings. The summed E-state index contributed by atoms with van der Waals surface area (Å²) < 4.78 is 7.26. The van der Waals surface area contributed by atoms with Crippen molar-refractivity contribution in [3.05, 3.63) is 77.3 Å². The lowest BCUT2D eigenvalue weighted by molar-refractivity contribution is 0.0697. The van der Waals surface area contributed by atoms with E-state index >= 15 is 0 Å². The molecule has 0 bridgehead atoms. The number of pyridine rings is 1. The summed E-state index contributed by atoms with van der Waals surface area (Å²) in [5, 5.41) is 13.1. The van der Waals surface area contributed by atoms with Crippen LogP contribution in [0, 0.1) is 13.1 Å². The number of aromatic carboxylic acids is 1. The van der Waals surface area contributed by atoms with Crippen LogP contribution in [0.4, 0.5) is 11.4 Å². The van der Waals surface area contributed by atoms with Gasteiger partial charge in [0.2, 0.25) is 11.4 Å². The third-order valence-corrected chi connectivity index (χ3v) is 3.71. The van der Waals surface area contributed by atoms with Gasteiger partial charge in [0.25, 0.3) is 0 Å². The normalized spacial score (nSPS) is 10.0. The summed E-state index contributed by atoms with van der Waals surface area (Å²) in [7, 11) is 0. The molecule has 0 radical (unpaired) electrons. The highest BCUT2D eigenvalue weighted by Crippen LogP contribution is 2.32. The van der Waals surface area contributed by atoms with E-state index in [1.807, 2.05) is 0 Å². The van der Waals surface area contributed by atoms with Crippen LogP contribution in [-0.4, -0.2) is 32.4 Å². The second-order valence-electron chi connectivity index (χ2n) is 5.45. The zero-order valence-electron chi connectivity index (χ0n) is 14.0. The fraction of sp³-hybridized carbons (Fsp3) is 0.105. The van der Waals surface area contributed by atoms with Crippen molar-refractivity contribution in [3.8, 4) is 17.0 Å². The number of carboxylic acids is 1. The molecule has 3 rings (SSSR count). The molecule has 0 fully saturated rings. The average Bonchev–Trinajstić information content (AvgIpc) is 3.16. The van der Waals surface area contributed by atoms with Gasteiger partial charge in [0, 0.05) is 12.4 Å². The first-order chi connectivity index (χ1) is 13.1. The lowest BCUT2D eigenvalue weighted by Crippen LogP contribution is -2.08. The number of carbonyl (C=O) groups is 1. The Morgan fingerprint density at radius 1 is 1.22 bits per heavy atom. The number of benzene rings is 1. The second kappa shape index (κ2) is 7.81. The van der Waals surface area contributed by atoms with Crippen LogP contribution in [0.2, 0.25) is 0 Å². The van der Waals surface area contributed by atoms with Crippen LogP contribution in [0.25, 0.3) is 20.9 Å². The van der Waals surface area contributed by atoms with Crippen LogP contribution in [0.1, 0.15) is 10.4 Å².